The lowest BCUT2D eigenvalue weighted by Gasteiger charge is -2.51. The van der Waals surface area contributed by atoms with Crippen molar-refractivity contribution in [2.45, 2.75) is 30.8 Å². The Bertz CT molecular complexity index is 874. The first-order chi connectivity index (χ1) is 13.7. The van der Waals surface area contributed by atoms with Crippen LogP contribution in [0.1, 0.15) is 34.7 Å². The number of hydrogen-bond acceptors (Lipinski definition) is 4. The third-order valence-electron chi connectivity index (χ3n) is 6.89. The van der Waals surface area contributed by atoms with Gasteiger partial charge in [-0.2, -0.15) is 0 Å². The van der Waals surface area contributed by atoms with Crippen molar-refractivity contribution in [1.29, 1.82) is 0 Å². The Balaban J connectivity index is 1.51. The molecule has 3 atom stereocenters. The zero-order valence-corrected chi connectivity index (χ0v) is 16.1. The lowest BCUT2D eigenvalue weighted by atomic mass is 9.75. The van der Waals surface area contributed by atoms with Gasteiger partial charge in [-0.3, -0.25) is 9.69 Å². The van der Waals surface area contributed by atoms with E-state index < -0.39 is 0 Å². The molecule has 4 saturated heterocycles. The number of methoxy groups -OCH3 is 1. The number of likely N-dealkylation sites (tertiary alicyclic amines) is 1. The molecule has 0 spiro atoms. The molecule has 1 N–H and O–H groups in total. The van der Waals surface area contributed by atoms with Crippen LogP contribution in [0.15, 0.2) is 48.5 Å². The van der Waals surface area contributed by atoms with Crippen LogP contribution in [0.5, 0.6) is 11.5 Å². The molecule has 2 bridgehead atoms. The van der Waals surface area contributed by atoms with E-state index in [1.165, 1.54) is 18.4 Å². The first-order valence-electron chi connectivity index (χ1n) is 10.1. The largest absolute Gasteiger partial charge is 0.508 e. The number of fused-ring (bicyclic) bond motifs is 2. The highest BCUT2D eigenvalue weighted by molar-refractivity contribution is 5.95. The van der Waals surface area contributed by atoms with Crippen molar-refractivity contribution in [1.82, 2.24) is 9.80 Å². The van der Waals surface area contributed by atoms with E-state index in [1.54, 1.807) is 31.4 Å². The first kappa shape index (κ1) is 17.6. The predicted octanol–water partition coefficient (Wildman–Crippen LogP) is 3.10. The third kappa shape index (κ3) is 2.76. The van der Waals surface area contributed by atoms with E-state index in [2.05, 4.69) is 21.9 Å². The summed E-state index contributed by atoms with van der Waals surface area (Å²) in [4.78, 5) is 18.1. The van der Waals surface area contributed by atoms with Crippen LogP contribution in [-0.2, 0) is 0 Å². The molecule has 5 nitrogen and oxygen atoms in total. The summed E-state index contributed by atoms with van der Waals surface area (Å²) in [6.07, 6.45) is 2.34. The smallest absolute Gasteiger partial charge is 0.254 e. The average molecular weight is 378 g/mol. The van der Waals surface area contributed by atoms with Gasteiger partial charge in [0.25, 0.3) is 5.91 Å². The van der Waals surface area contributed by atoms with E-state index in [0.717, 1.165) is 25.4 Å². The van der Waals surface area contributed by atoms with Crippen molar-refractivity contribution in [3.63, 3.8) is 0 Å². The molecule has 0 saturated carbocycles. The maximum atomic E-state index is 13.4. The van der Waals surface area contributed by atoms with Crippen LogP contribution in [0.2, 0.25) is 0 Å². The Kier molecular flexibility index (Phi) is 4.27. The number of rotatable bonds is 3. The van der Waals surface area contributed by atoms with Gasteiger partial charge in [0.1, 0.15) is 11.5 Å². The SMILES string of the molecule is COc1cccc([C@@H]2CN(C(=O)c3ccc(O)cc3)[C@H]3C4CCN(CC4)[C@@H]23)c1. The van der Waals surface area contributed by atoms with Gasteiger partial charge in [0.2, 0.25) is 0 Å². The van der Waals surface area contributed by atoms with Crippen LogP contribution in [-0.4, -0.2) is 59.6 Å². The van der Waals surface area contributed by atoms with Gasteiger partial charge >= 0.3 is 0 Å². The topological polar surface area (TPSA) is 53.0 Å². The van der Waals surface area contributed by atoms with Crippen molar-refractivity contribution in [3.8, 4) is 11.5 Å². The average Bonchev–Trinajstić information content (AvgIpc) is 3.18. The van der Waals surface area contributed by atoms with Crippen LogP contribution in [0, 0.1) is 5.92 Å². The van der Waals surface area contributed by atoms with Crippen molar-refractivity contribution in [2.75, 3.05) is 26.7 Å². The van der Waals surface area contributed by atoms with Crippen LogP contribution in [0.3, 0.4) is 0 Å². The highest BCUT2D eigenvalue weighted by atomic mass is 16.5. The molecule has 28 heavy (non-hydrogen) atoms. The lowest BCUT2D eigenvalue weighted by Crippen LogP contribution is -2.60. The van der Waals surface area contributed by atoms with Gasteiger partial charge in [-0.25, -0.2) is 0 Å². The first-order valence-corrected chi connectivity index (χ1v) is 10.1. The van der Waals surface area contributed by atoms with Crippen molar-refractivity contribution in [2.24, 2.45) is 5.92 Å². The minimum absolute atomic E-state index is 0.0779. The monoisotopic (exact) mass is 378 g/mol. The fraction of sp³-hybridized carbons (Fsp3) is 0.435. The van der Waals surface area contributed by atoms with Gasteiger partial charge in [-0.15, -0.1) is 0 Å². The molecule has 0 unspecified atom stereocenters. The summed E-state index contributed by atoms with van der Waals surface area (Å²) in [6.45, 7) is 3.00. The molecule has 4 fully saturated rings. The predicted molar refractivity (Wildman–Crippen MR) is 107 cm³/mol. The molecular formula is C23H26N2O3. The zero-order valence-electron chi connectivity index (χ0n) is 16.1. The molecule has 2 aromatic carbocycles. The lowest BCUT2D eigenvalue weighted by molar-refractivity contribution is -0.00341. The number of ether oxygens (including phenoxy) is 1. The number of benzene rings is 2. The van der Waals surface area contributed by atoms with Crippen molar-refractivity contribution < 1.29 is 14.6 Å². The number of nitrogens with zero attached hydrogens (tertiary/aromatic N) is 2. The second kappa shape index (κ2) is 6.82. The number of carbonyl (C=O) groups is 1. The summed E-state index contributed by atoms with van der Waals surface area (Å²) < 4.78 is 5.45. The van der Waals surface area contributed by atoms with E-state index in [1.807, 2.05) is 12.1 Å². The fourth-order valence-corrected chi connectivity index (χ4v) is 5.59. The Morgan fingerprint density at radius 2 is 1.82 bits per heavy atom. The third-order valence-corrected chi connectivity index (χ3v) is 6.89. The van der Waals surface area contributed by atoms with Crippen LogP contribution in [0.4, 0.5) is 0 Å². The summed E-state index contributed by atoms with van der Waals surface area (Å²) >= 11 is 0. The molecule has 2 aromatic rings. The molecule has 5 heteroatoms. The Hall–Kier alpha value is -2.53. The molecule has 4 aliphatic heterocycles. The van der Waals surface area contributed by atoms with E-state index in [9.17, 15) is 9.90 Å². The molecule has 6 rings (SSSR count). The maximum absolute atomic E-state index is 13.4. The molecule has 4 heterocycles. The summed E-state index contributed by atoms with van der Waals surface area (Å²) in [5, 5.41) is 9.57. The molecular weight excluding hydrogens is 352 g/mol. The summed E-state index contributed by atoms with van der Waals surface area (Å²) in [6, 6.07) is 15.6. The zero-order chi connectivity index (χ0) is 19.3. The highest BCUT2D eigenvalue weighted by Crippen LogP contribution is 2.47. The van der Waals surface area contributed by atoms with E-state index in [4.69, 9.17) is 4.74 Å². The van der Waals surface area contributed by atoms with Crippen LogP contribution in [0.25, 0.3) is 0 Å². The normalized spacial score (nSPS) is 30.9. The van der Waals surface area contributed by atoms with E-state index in [0.29, 0.717) is 23.4 Å². The summed E-state index contributed by atoms with van der Waals surface area (Å²) in [7, 11) is 1.70. The number of carbonyl (C=O) groups excluding carboxylic acids is 1. The van der Waals surface area contributed by atoms with Crippen LogP contribution >= 0.6 is 0 Å². The van der Waals surface area contributed by atoms with E-state index >= 15 is 0 Å². The minimum Gasteiger partial charge on any atom is -0.508 e. The van der Waals surface area contributed by atoms with Gasteiger partial charge in [-0.05, 0) is 73.8 Å². The molecule has 0 aliphatic carbocycles. The number of piperidine rings is 3. The van der Waals surface area contributed by atoms with Crippen molar-refractivity contribution >= 4 is 5.91 Å². The standard InChI is InChI=1S/C23H26N2O3/c1-28-19-4-2-3-17(13-19)20-14-25(23(27)16-5-7-18(26)8-6-16)21-15-9-11-24(12-10-15)22(20)21/h2-8,13,15,20-22,26H,9-12,14H2,1H3/t20-,21-,22-/m0/s1. The quantitative estimate of drug-likeness (QED) is 0.892. The summed E-state index contributed by atoms with van der Waals surface area (Å²) in [5.74, 6) is 2.01. The second-order valence-electron chi connectivity index (χ2n) is 8.24. The molecule has 0 radical (unpaired) electrons. The summed E-state index contributed by atoms with van der Waals surface area (Å²) in [5.41, 5.74) is 1.90. The molecule has 0 aromatic heterocycles. The Labute approximate surface area is 165 Å². The second-order valence-corrected chi connectivity index (χ2v) is 8.24. The van der Waals surface area contributed by atoms with Crippen LogP contribution < -0.4 is 4.74 Å². The number of phenols is 1. The Morgan fingerprint density at radius 1 is 1.07 bits per heavy atom. The molecule has 146 valence electrons. The Morgan fingerprint density at radius 3 is 2.54 bits per heavy atom. The van der Waals surface area contributed by atoms with Gasteiger partial charge in [0.05, 0.1) is 13.2 Å². The fourth-order valence-electron chi connectivity index (χ4n) is 5.59. The minimum atomic E-state index is 0.0779. The number of aromatic hydroxyl groups is 1. The number of hydrogen-bond donors (Lipinski definition) is 1. The molecule has 1 amide bonds. The highest BCUT2D eigenvalue weighted by Gasteiger charge is 2.54. The number of amides is 1. The van der Waals surface area contributed by atoms with E-state index in [-0.39, 0.29) is 17.7 Å². The van der Waals surface area contributed by atoms with Crippen molar-refractivity contribution in [3.05, 3.63) is 59.7 Å². The molecule has 4 aliphatic rings. The van der Waals surface area contributed by atoms with Gasteiger partial charge in [0.15, 0.2) is 0 Å². The van der Waals surface area contributed by atoms with Gasteiger partial charge < -0.3 is 14.7 Å². The number of phenolic OH excluding ortho intramolecular Hbond substituents is 1. The maximum Gasteiger partial charge on any atom is 0.254 e. The van der Waals surface area contributed by atoms with Gasteiger partial charge in [-0.1, -0.05) is 12.1 Å². The van der Waals surface area contributed by atoms with Gasteiger partial charge in [0, 0.05) is 24.1 Å².